The molecule has 5 nitrogen and oxygen atoms in total. The lowest BCUT2D eigenvalue weighted by molar-refractivity contribution is 0.246. The minimum atomic E-state index is -0.704. The highest BCUT2D eigenvalue weighted by molar-refractivity contribution is 8.09. The number of nitrogens with zero attached hydrogens (tertiary/aromatic N) is 2. The fraction of sp³-hybridized carbons (Fsp3) is 0.909. The van der Waals surface area contributed by atoms with E-state index in [2.05, 4.69) is 15.5 Å². The van der Waals surface area contributed by atoms with Crippen LogP contribution in [0, 0.1) is 0 Å². The van der Waals surface area contributed by atoms with E-state index in [9.17, 15) is 4.79 Å². The third kappa shape index (κ3) is 7.33. The quantitative estimate of drug-likeness (QED) is 0.620. The van der Waals surface area contributed by atoms with Crippen LogP contribution in [0.4, 0.5) is 4.79 Å². The molecule has 17 heavy (non-hydrogen) atoms. The van der Waals surface area contributed by atoms with Crippen molar-refractivity contribution in [1.29, 1.82) is 0 Å². The van der Waals surface area contributed by atoms with Crippen LogP contribution in [0.5, 0.6) is 0 Å². The number of nitrogens with one attached hydrogen (secondary N) is 1. The molecule has 1 aliphatic rings. The first-order valence-electron chi connectivity index (χ1n) is 5.77. The molecule has 1 saturated carbocycles. The van der Waals surface area contributed by atoms with E-state index in [0.29, 0.717) is 0 Å². The van der Waals surface area contributed by atoms with Gasteiger partial charge < -0.3 is 9.50 Å². The van der Waals surface area contributed by atoms with Crippen molar-refractivity contribution in [3.05, 3.63) is 0 Å². The van der Waals surface area contributed by atoms with Gasteiger partial charge in [0.05, 0.1) is 23.7 Å². The second-order valence-electron chi connectivity index (χ2n) is 5.72. The van der Waals surface area contributed by atoms with E-state index in [4.69, 9.17) is 4.18 Å². The van der Waals surface area contributed by atoms with E-state index in [1.807, 2.05) is 20.8 Å². The molecule has 0 heterocycles. The molecule has 1 aliphatic carbocycles. The number of hydrogen-bond donors (Lipinski definition) is 1. The molecule has 6 heteroatoms. The van der Waals surface area contributed by atoms with Gasteiger partial charge in [0, 0.05) is 0 Å². The molecule has 1 N–H and O–H groups in total. The van der Waals surface area contributed by atoms with Gasteiger partial charge in [0.15, 0.2) is 0 Å². The normalized spacial score (nSPS) is 17.5. The Bertz CT molecular complexity index is 306. The van der Waals surface area contributed by atoms with E-state index < -0.39 is 5.66 Å². The number of hydrogen-bond acceptors (Lipinski definition) is 5. The zero-order chi connectivity index (χ0) is 13.1. The summed E-state index contributed by atoms with van der Waals surface area (Å²) in [5.41, 5.74) is -0.941. The molecular weight excluding hydrogens is 238 g/mol. The first-order valence-corrected chi connectivity index (χ1v) is 6.52. The summed E-state index contributed by atoms with van der Waals surface area (Å²) in [4.78, 5) is 11.5. The smallest absolute Gasteiger partial charge is 0.308 e. The minimum absolute atomic E-state index is 0.227. The van der Waals surface area contributed by atoms with Crippen molar-refractivity contribution in [2.24, 2.45) is 10.2 Å². The van der Waals surface area contributed by atoms with Crippen molar-refractivity contribution in [2.75, 3.05) is 0 Å². The Morgan fingerprint density at radius 2 is 1.82 bits per heavy atom. The highest BCUT2D eigenvalue weighted by atomic mass is 32.2. The minimum Gasteiger partial charge on any atom is -0.320 e. The summed E-state index contributed by atoms with van der Waals surface area (Å²) >= 11 is 0.856. The molecule has 1 amide bonds. The average molecular weight is 259 g/mol. The van der Waals surface area contributed by atoms with Crippen molar-refractivity contribution in [2.45, 2.75) is 64.8 Å². The highest BCUT2D eigenvalue weighted by Crippen LogP contribution is 2.28. The molecule has 0 saturated heterocycles. The Morgan fingerprint density at radius 3 is 2.29 bits per heavy atom. The summed E-state index contributed by atoms with van der Waals surface area (Å²) in [6, 6.07) is 0. The van der Waals surface area contributed by atoms with Gasteiger partial charge >= 0.3 is 5.24 Å². The molecule has 1 fully saturated rings. The monoisotopic (exact) mass is 259 g/mol. The predicted octanol–water partition coefficient (Wildman–Crippen LogP) is 3.51. The molecule has 1 rings (SSSR count). The van der Waals surface area contributed by atoms with Crippen LogP contribution in [-0.4, -0.2) is 22.5 Å². The van der Waals surface area contributed by atoms with Gasteiger partial charge in [0.25, 0.3) is 0 Å². The van der Waals surface area contributed by atoms with Gasteiger partial charge in [-0.15, -0.1) is 0 Å². The second-order valence-corrected chi connectivity index (χ2v) is 6.45. The van der Waals surface area contributed by atoms with Gasteiger partial charge in [0.2, 0.25) is 0 Å². The van der Waals surface area contributed by atoms with Crippen molar-refractivity contribution in [3.8, 4) is 0 Å². The fourth-order valence-corrected chi connectivity index (χ4v) is 1.55. The van der Waals surface area contributed by atoms with Crippen molar-refractivity contribution >= 4 is 17.3 Å². The highest BCUT2D eigenvalue weighted by Gasteiger charge is 2.26. The number of azo groups is 1. The first kappa shape index (κ1) is 14.4. The van der Waals surface area contributed by atoms with Gasteiger partial charge in [-0.05, 0) is 47.5 Å². The second kappa shape index (κ2) is 5.35. The van der Waals surface area contributed by atoms with Crippen molar-refractivity contribution in [1.82, 2.24) is 5.32 Å². The molecule has 0 unspecified atom stereocenters. The Kier molecular flexibility index (Phi) is 4.55. The summed E-state index contributed by atoms with van der Waals surface area (Å²) in [6.07, 6.45) is 2.35. The molecule has 98 valence electrons. The maximum Gasteiger partial charge on any atom is 0.308 e. The Labute approximate surface area is 107 Å². The molecule has 0 aliphatic heterocycles. The number of carbonyl (C=O) groups is 1. The molecule has 0 atom stereocenters. The van der Waals surface area contributed by atoms with Crippen LogP contribution >= 0.6 is 12.0 Å². The third-order valence-corrected chi connectivity index (χ3v) is 2.41. The Balaban J connectivity index is 2.35. The van der Waals surface area contributed by atoms with Crippen molar-refractivity contribution in [3.63, 3.8) is 0 Å². The zero-order valence-corrected chi connectivity index (χ0v) is 11.9. The van der Waals surface area contributed by atoms with E-state index in [1.165, 1.54) is 0 Å². The Hall–Kier alpha value is -0.620. The van der Waals surface area contributed by atoms with Gasteiger partial charge in [-0.1, -0.05) is 0 Å². The van der Waals surface area contributed by atoms with Crippen LogP contribution in [0.3, 0.4) is 0 Å². The van der Waals surface area contributed by atoms with Gasteiger partial charge in [0.1, 0.15) is 5.66 Å². The molecule has 0 bridgehead atoms. The summed E-state index contributed by atoms with van der Waals surface area (Å²) in [5.74, 6) is 0. The van der Waals surface area contributed by atoms with E-state index in [1.54, 1.807) is 13.8 Å². The first-order chi connectivity index (χ1) is 7.68. The summed E-state index contributed by atoms with van der Waals surface area (Å²) in [6.45, 7) is 9.48. The lowest BCUT2D eigenvalue weighted by Gasteiger charge is -2.21. The SMILES string of the molecule is CC(C)(C)N=NC(C)(C)NC(=O)SOC1CC1. The standard InChI is InChI=1S/C11H21N3O2S/c1-10(2,3)13-14-11(4,5)12-9(15)17-16-8-6-7-8/h8H,6-7H2,1-5H3,(H,12,15). The Morgan fingerprint density at radius 1 is 1.24 bits per heavy atom. The topological polar surface area (TPSA) is 63.0 Å². The molecule has 0 aromatic carbocycles. The number of amides is 1. The number of rotatable bonds is 4. The maximum absolute atomic E-state index is 11.5. The van der Waals surface area contributed by atoms with Crippen LogP contribution in [-0.2, 0) is 4.18 Å². The average Bonchev–Trinajstić information content (AvgIpc) is 2.93. The molecule has 0 aromatic rings. The van der Waals surface area contributed by atoms with E-state index in [0.717, 1.165) is 24.9 Å². The van der Waals surface area contributed by atoms with Gasteiger partial charge in [-0.25, -0.2) is 0 Å². The lowest BCUT2D eigenvalue weighted by Crippen LogP contribution is -2.40. The lowest BCUT2D eigenvalue weighted by atomic mass is 10.1. The largest absolute Gasteiger partial charge is 0.320 e. The van der Waals surface area contributed by atoms with Crippen LogP contribution in [0.2, 0.25) is 0 Å². The summed E-state index contributed by atoms with van der Waals surface area (Å²) in [5, 5.41) is 10.8. The molecule has 0 spiro atoms. The van der Waals surface area contributed by atoms with Gasteiger partial charge in [-0.3, -0.25) is 4.79 Å². The van der Waals surface area contributed by atoms with Gasteiger partial charge in [-0.2, -0.15) is 10.2 Å². The fourth-order valence-electron chi connectivity index (χ4n) is 0.847. The number of carbonyl (C=O) groups excluding carboxylic acids is 1. The predicted molar refractivity (Wildman–Crippen MR) is 68.9 cm³/mol. The molecular formula is C11H21N3O2S. The maximum atomic E-state index is 11.5. The molecule has 0 radical (unpaired) electrons. The van der Waals surface area contributed by atoms with Crippen LogP contribution in [0.1, 0.15) is 47.5 Å². The van der Waals surface area contributed by atoms with Crippen LogP contribution in [0.15, 0.2) is 10.2 Å². The summed E-state index contributed by atoms with van der Waals surface area (Å²) in [7, 11) is 0. The third-order valence-electron chi connectivity index (χ3n) is 1.79. The van der Waals surface area contributed by atoms with Crippen molar-refractivity contribution < 1.29 is 8.98 Å². The van der Waals surface area contributed by atoms with E-state index >= 15 is 0 Å². The van der Waals surface area contributed by atoms with E-state index in [-0.39, 0.29) is 16.9 Å². The van der Waals surface area contributed by atoms with Crippen LogP contribution in [0.25, 0.3) is 0 Å². The summed E-state index contributed by atoms with van der Waals surface area (Å²) < 4.78 is 5.24. The zero-order valence-electron chi connectivity index (χ0n) is 11.1. The molecule has 0 aromatic heterocycles. The van der Waals surface area contributed by atoms with Crippen LogP contribution < -0.4 is 5.32 Å².